The van der Waals surface area contributed by atoms with Crippen LogP contribution in [0.3, 0.4) is 0 Å². The van der Waals surface area contributed by atoms with Gasteiger partial charge in [-0.25, -0.2) is 0 Å². The topological polar surface area (TPSA) is 26.2 Å². The monoisotopic (exact) mass is 260 g/mol. The summed E-state index contributed by atoms with van der Waals surface area (Å²) in [5.41, 5.74) is 2.67. The Labute approximate surface area is 115 Å². The summed E-state index contributed by atoms with van der Waals surface area (Å²) in [6.07, 6.45) is 3.33. The van der Waals surface area contributed by atoms with Gasteiger partial charge in [0.2, 0.25) is 0 Å². The summed E-state index contributed by atoms with van der Waals surface area (Å²) in [6.45, 7) is 8.76. The quantitative estimate of drug-likeness (QED) is 0.738. The second-order valence-corrected chi connectivity index (χ2v) is 4.76. The number of hydrogen-bond donors (Lipinski definition) is 1. The molecule has 1 aromatic heterocycles. The van der Waals surface area contributed by atoms with Crippen molar-refractivity contribution in [2.75, 3.05) is 19.8 Å². The van der Waals surface area contributed by atoms with Crippen LogP contribution in [0, 0.1) is 0 Å². The van der Waals surface area contributed by atoms with E-state index < -0.39 is 0 Å². The number of nitrogens with one attached hydrogen (secondary N) is 1. The van der Waals surface area contributed by atoms with Crippen LogP contribution in [0.15, 0.2) is 30.5 Å². The second kappa shape index (κ2) is 7.31. The van der Waals surface area contributed by atoms with E-state index in [4.69, 9.17) is 4.74 Å². The van der Waals surface area contributed by atoms with Crippen molar-refractivity contribution in [2.45, 2.75) is 33.4 Å². The summed E-state index contributed by atoms with van der Waals surface area (Å²) in [7, 11) is 0. The summed E-state index contributed by atoms with van der Waals surface area (Å²) >= 11 is 0. The number of ether oxygens (including phenoxy) is 1. The van der Waals surface area contributed by atoms with Crippen molar-refractivity contribution in [1.29, 1.82) is 0 Å². The number of fused-ring (bicyclic) bond motifs is 1. The number of benzene rings is 1. The van der Waals surface area contributed by atoms with E-state index in [0.717, 1.165) is 39.3 Å². The Morgan fingerprint density at radius 1 is 1.16 bits per heavy atom. The number of aromatic nitrogens is 1. The van der Waals surface area contributed by atoms with E-state index in [9.17, 15) is 0 Å². The first-order chi connectivity index (χ1) is 9.36. The molecule has 0 unspecified atom stereocenters. The third-order valence-electron chi connectivity index (χ3n) is 3.26. The molecule has 3 heteroatoms. The lowest BCUT2D eigenvalue weighted by atomic mass is 10.2. The standard InChI is InChI=1S/C16H24N2O/c1-3-10-19-11-9-18-13-14(12-17-4-2)15-7-5-6-8-16(15)18/h5-8,13,17H,3-4,9-12H2,1-2H3. The van der Waals surface area contributed by atoms with Gasteiger partial charge < -0.3 is 14.6 Å². The average molecular weight is 260 g/mol. The lowest BCUT2D eigenvalue weighted by Gasteiger charge is -2.05. The minimum atomic E-state index is 0.785. The Hall–Kier alpha value is -1.32. The Morgan fingerprint density at radius 2 is 2.00 bits per heavy atom. The number of rotatable bonds is 8. The highest BCUT2D eigenvalue weighted by atomic mass is 16.5. The van der Waals surface area contributed by atoms with Gasteiger partial charge in [-0.3, -0.25) is 0 Å². The van der Waals surface area contributed by atoms with E-state index in [1.54, 1.807) is 0 Å². The molecule has 2 rings (SSSR count). The van der Waals surface area contributed by atoms with E-state index in [2.05, 4.69) is 54.2 Å². The van der Waals surface area contributed by atoms with Gasteiger partial charge in [0.05, 0.1) is 6.61 Å². The molecule has 104 valence electrons. The van der Waals surface area contributed by atoms with E-state index in [1.165, 1.54) is 16.5 Å². The third-order valence-corrected chi connectivity index (χ3v) is 3.26. The van der Waals surface area contributed by atoms with Crippen molar-refractivity contribution in [2.24, 2.45) is 0 Å². The molecule has 19 heavy (non-hydrogen) atoms. The molecule has 0 atom stereocenters. The molecule has 1 aromatic carbocycles. The zero-order valence-electron chi connectivity index (χ0n) is 12.0. The molecule has 2 aromatic rings. The largest absolute Gasteiger partial charge is 0.380 e. The van der Waals surface area contributed by atoms with Crippen LogP contribution in [-0.2, 0) is 17.8 Å². The molecule has 0 aliphatic rings. The molecule has 0 spiro atoms. The van der Waals surface area contributed by atoms with Gasteiger partial charge in [0.1, 0.15) is 0 Å². The molecule has 0 aliphatic heterocycles. The summed E-state index contributed by atoms with van der Waals surface area (Å²) in [5.74, 6) is 0. The Bertz CT molecular complexity index is 504. The van der Waals surface area contributed by atoms with E-state index in [-0.39, 0.29) is 0 Å². The molecule has 0 saturated carbocycles. The molecule has 1 heterocycles. The van der Waals surface area contributed by atoms with E-state index in [1.807, 2.05) is 0 Å². The van der Waals surface area contributed by atoms with Crippen LogP contribution in [0.25, 0.3) is 10.9 Å². The molecule has 0 amide bonds. The number of nitrogens with zero attached hydrogens (tertiary/aromatic N) is 1. The zero-order chi connectivity index (χ0) is 13.5. The predicted octanol–water partition coefficient (Wildman–Crippen LogP) is 3.18. The van der Waals surface area contributed by atoms with Gasteiger partial charge >= 0.3 is 0 Å². The average Bonchev–Trinajstić information content (AvgIpc) is 2.80. The SMILES string of the molecule is CCCOCCn1cc(CNCC)c2ccccc21. The Morgan fingerprint density at radius 3 is 2.79 bits per heavy atom. The van der Waals surface area contributed by atoms with Crippen LogP contribution in [0.5, 0.6) is 0 Å². The maximum absolute atomic E-state index is 5.59. The Balaban J connectivity index is 2.13. The van der Waals surface area contributed by atoms with Gasteiger partial charge in [0, 0.05) is 36.8 Å². The lowest BCUT2D eigenvalue weighted by molar-refractivity contribution is 0.127. The van der Waals surface area contributed by atoms with E-state index in [0.29, 0.717) is 0 Å². The molecular weight excluding hydrogens is 236 g/mol. The van der Waals surface area contributed by atoms with Gasteiger partial charge in [0.25, 0.3) is 0 Å². The third kappa shape index (κ3) is 3.58. The van der Waals surface area contributed by atoms with Gasteiger partial charge in [-0.1, -0.05) is 32.0 Å². The number of hydrogen-bond acceptors (Lipinski definition) is 2. The van der Waals surface area contributed by atoms with Gasteiger partial charge in [-0.15, -0.1) is 0 Å². The second-order valence-electron chi connectivity index (χ2n) is 4.76. The van der Waals surface area contributed by atoms with Crippen LogP contribution in [0.4, 0.5) is 0 Å². The highest BCUT2D eigenvalue weighted by Gasteiger charge is 2.07. The molecule has 0 saturated heterocycles. The first kappa shape index (κ1) is 14.1. The number of para-hydroxylation sites is 1. The van der Waals surface area contributed by atoms with Crippen molar-refractivity contribution in [1.82, 2.24) is 9.88 Å². The Kier molecular flexibility index (Phi) is 5.43. The molecule has 0 fully saturated rings. The van der Waals surface area contributed by atoms with Crippen LogP contribution in [0.2, 0.25) is 0 Å². The minimum Gasteiger partial charge on any atom is -0.380 e. The van der Waals surface area contributed by atoms with Gasteiger partial charge in [-0.05, 0) is 24.6 Å². The van der Waals surface area contributed by atoms with Crippen molar-refractivity contribution < 1.29 is 4.74 Å². The smallest absolute Gasteiger partial charge is 0.0645 e. The fourth-order valence-electron chi connectivity index (χ4n) is 2.32. The van der Waals surface area contributed by atoms with Crippen LogP contribution >= 0.6 is 0 Å². The molecule has 1 N–H and O–H groups in total. The first-order valence-corrected chi connectivity index (χ1v) is 7.22. The van der Waals surface area contributed by atoms with Crippen molar-refractivity contribution in [3.63, 3.8) is 0 Å². The highest BCUT2D eigenvalue weighted by Crippen LogP contribution is 2.21. The molecule has 0 radical (unpaired) electrons. The molecule has 0 aliphatic carbocycles. The fourth-order valence-corrected chi connectivity index (χ4v) is 2.32. The summed E-state index contributed by atoms with van der Waals surface area (Å²) in [6, 6.07) is 8.59. The van der Waals surface area contributed by atoms with Crippen molar-refractivity contribution in [3.8, 4) is 0 Å². The van der Waals surface area contributed by atoms with Gasteiger partial charge in [-0.2, -0.15) is 0 Å². The van der Waals surface area contributed by atoms with Crippen LogP contribution in [0.1, 0.15) is 25.8 Å². The maximum Gasteiger partial charge on any atom is 0.0645 e. The highest BCUT2D eigenvalue weighted by molar-refractivity contribution is 5.83. The van der Waals surface area contributed by atoms with E-state index >= 15 is 0 Å². The van der Waals surface area contributed by atoms with Crippen molar-refractivity contribution in [3.05, 3.63) is 36.0 Å². The first-order valence-electron chi connectivity index (χ1n) is 7.22. The zero-order valence-corrected chi connectivity index (χ0v) is 12.0. The fraction of sp³-hybridized carbons (Fsp3) is 0.500. The molecule has 0 bridgehead atoms. The predicted molar refractivity (Wildman–Crippen MR) is 80.4 cm³/mol. The summed E-state index contributed by atoms with van der Waals surface area (Å²) in [5, 5.41) is 4.75. The minimum absolute atomic E-state index is 0.785. The van der Waals surface area contributed by atoms with Crippen LogP contribution < -0.4 is 5.32 Å². The molecule has 3 nitrogen and oxygen atoms in total. The van der Waals surface area contributed by atoms with Gasteiger partial charge in [0.15, 0.2) is 0 Å². The summed E-state index contributed by atoms with van der Waals surface area (Å²) < 4.78 is 7.89. The maximum atomic E-state index is 5.59. The van der Waals surface area contributed by atoms with Crippen LogP contribution in [-0.4, -0.2) is 24.3 Å². The van der Waals surface area contributed by atoms with Crippen molar-refractivity contribution >= 4 is 10.9 Å². The lowest BCUT2D eigenvalue weighted by Crippen LogP contribution is -2.11. The molecular formula is C16H24N2O. The summed E-state index contributed by atoms with van der Waals surface area (Å²) in [4.78, 5) is 0. The normalized spacial score (nSPS) is 11.3.